The maximum absolute atomic E-state index is 12.7. The van der Waals surface area contributed by atoms with Crippen molar-refractivity contribution < 1.29 is 9.53 Å². The average molecular weight is 432 g/mol. The van der Waals surface area contributed by atoms with Crippen molar-refractivity contribution >= 4 is 17.1 Å². The van der Waals surface area contributed by atoms with Gasteiger partial charge < -0.3 is 14.2 Å². The number of fused-ring (bicyclic) bond motifs is 3. The topological polar surface area (TPSA) is 47.4 Å². The van der Waals surface area contributed by atoms with Gasteiger partial charge in [0.1, 0.15) is 11.4 Å². The van der Waals surface area contributed by atoms with E-state index in [1.807, 2.05) is 25.7 Å². The third-order valence-corrected chi connectivity index (χ3v) is 6.80. The van der Waals surface area contributed by atoms with E-state index in [1.165, 1.54) is 28.0 Å². The summed E-state index contributed by atoms with van der Waals surface area (Å²) in [5.74, 6) is 1.72. The smallest absolute Gasteiger partial charge is 0.410 e. The zero-order valence-electron chi connectivity index (χ0n) is 19.8. The average Bonchev–Trinajstić information content (AvgIpc) is 3.43. The minimum atomic E-state index is -0.476. The second-order valence-corrected chi connectivity index (χ2v) is 10.5. The van der Waals surface area contributed by atoms with Crippen molar-refractivity contribution in [3.8, 4) is 11.1 Å². The molecule has 0 N–H and O–H groups in total. The second-order valence-electron chi connectivity index (χ2n) is 10.5. The Kier molecular flexibility index (Phi) is 5.03. The van der Waals surface area contributed by atoms with Crippen LogP contribution in [0.3, 0.4) is 0 Å². The van der Waals surface area contributed by atoms with Crippen molar-refractivity contribution in [3.05, 3.63) is 53.9 Å². The van der Waals surface area contributed by atoms with Gasteiger partial charge in [0.15, 0.2) is 0 Å². The van der Waals surface area contributed by atoms with Crippen LogP contribution in [-0.4, -0.2) is 32.7 Å². The van der Waals surface area contributed by atoms with Crippen LogP contribution in [-0.2, 0) is 4.74 Å². The number of benzene rings is 2. The molecule has 3 unspecified atom stereocenters. The number of nitrogens with zero attached hydrogens (tertiary/aromatic N) is 3. The van der Waals surface area contributed by atoms with Crippen LogP contribution in [0, 0.1) is 0 Å². The van der Waals surface area contributed by atoms with Crippen molar-refractivity contribution in [2.24, 2.45) is 0 Å². The zero-order chi connectivity index (χ0) is 22.6. The first kappa shape index (κ1) is 21.0. The first-order valence-corrected chi connectivity index (χ1v) is 11.8. The standard InChI is InChI=1S/C27H33N3O2/c1-17-15-18(2)30-24-16-21(12-13-22(24)28-25(17)30)19-8-10-20(11-9-19)23-7-6-14-29(23)26(31)32-27(3,4)5/h8-13,16-18,23H,6-7,14-15H2,1-5H3. The Morgan fingerprint density at radius 1 is 1.06 bits per heavy atom. The first-order chi connectivity index (χ1) is 15.2. The lowest BCUT2D eigenvalue weighted by molar-refractivity contribution is 0.0224. The highest BCUT2D eigenvalue weighted by molar-refractivity contribution is 5.83. The predicted octanol–water partition coefficient (Wildman–Crippen LogP) is 6.84. The number of rotatable bonds is 2. The molecule has 0 bridgehead atoms. The van der Waals surface area contributed by atoms with Crippen molar-refractivity contribution in [2.75, 3.05) is 6.54 Å². The summed E-state index contributed by atoms with van der Waals surface area (Å²) in [4.78, 5) is 19.4. The fraction of sp³-hybridized carbons (Fsp3) is 0.481. The van der Waals surface area contributed by atoms with Crippen LogP contribution in [0.2, 0.25) is 0 Å². The molecule has 5 rings (SSSR count). The van der Waals surface area contributed by atoms with E-state index in [0.29, 0.717) is 12.0 Å². The summed E-state index contributed by atoms with van der Waals surface area (Å²) in [6, 6.07) is 15.8. The van der Waals surface area contributed by atoms with E-state index in [1.54, 1.807) is 0 Å². The summed E-state index contributed by atoms with van der Waals surface area (Å²) in [5, 5.41) is 0. The van der Waals surface area contributed by atoms with Crippen LogP contribution < -0.4 is 0 Å². The number of likely N-dealkylation sites (tertiary alicyclic amines) is 1. The molecule has 1 fully saturated rings. The lowest BCUT2D eigenvalue weighted by Gasteiger charge is -2.29. The molecule has 2 aliphatic heterocycles. The van der Waals surface area contributed by atoms with Gasteiger partial charge in [-0.15, -0.1) is 0 Å². The molecule has 3 aromatic rings. The second kappa shape index (κ2) is 7.65. The Bertz CT molecular complexity index is 1160. The molecule has 5 nitrogen and oxygen atoms in total. The van der Waals surface area contributed by atoms with Gasteiger partial charge in [0, 0.05) is 18.5 Å². The molecule has 3 heterocycles. The number of imidazole rings is 1. The van der Waals surface area contributed by atoms with Gasteiger partial charge >= 0.3 is 6.09 Å². The summed E-state index contributed by atoms with van der Waals surface area (Å²) in [6.45, 7) is 11.1. The van der Waals surface area contributed by atoms with E-state index >= 15 is 0 Å². The molecular formula is C27H33N3O2. The minimum absolute atomic E-state index is 0.0850. The lowest BCUT2D eigenvalue weighted by atomic mass is 9.99. The van der Waals surface area contributed by atoms with Crippen LogP contribution >= 0.6 is 0 Å². The van der Waals surface area contributed by atoms with Gasteiger partial charge in [-0.05, 0) is 75.8 Å². The van der Waals surface area contributed by atoms with E-state index in [-0.39, 0.29) is 12.1 Å². The van der Waals surface area contributed by atoms with E-state index < -0.39 is 5.60 Å². The molecule has 168 valence electrons. The summed E-state index contributed by atoms with van der Waals surface area (Å²) in [6.07, 6.45) is 2.92. The molecule has 32 heavy (non-hydrogen) atoms. The molecule has 3 atom stereocenters. The fourth-order valence-corrected chi connectivity index (χ4v) is 5.37. The Labute approximate surface area is 190 Å². The number of hydrogen-bond donors (Lipinski definition) is 0. The highest BCUT2D eigenvalue weighted by Gasteiger charge is 2.33. The van der Waals surface area contributed by atoms with Crippen molar-refractivity contribution in [1.82, 2.24) is 14.5 Å². The zero-order valence-corrected chi connectivity index (χ0v) is 19.8. The van der Waals surface area contributed by atoms with E-state index in [9.17, 15) is 4.79 Å². The lowest BCUT2D eigenvalue weighted by Crippen LogP contribution is -2.36. The van der Waals surface area contributed by atoms with Crippen LogP contribution in [0.15, 0.2) is 42.5 Å². The van der Waals surface area contributed by atoms with E-state index in [2.05, 4.69) is 60.9 Å². The van der Waals surface area contributed by atoms with E-state index in [4.69, 9.17) is 9.72 Å². The summed E-state index contributed by atoms with van der Waals surface area (Å²) >= 11 is 0. The third-order valence-electron chi connectivity index (χ3n) is 6.80. The molecule has 1 saturated heterocycles. The number of aromatic nitrogens is 2. The van der Waals surface area contributed by atoms with E-state index in [0.717, 1.165) is 31.3 Å². The highest BCUT2D eigenvalue weighted by Crippen LogP contribution is 2.39. The Morgan fingerprint density at radius 2 is 1.78 bits per heavy atom. The largest absolute Gasteiger partial charge is 0.444 e. The van der Waals surface area contributed by atoms with Crippen molar-refractivity contribution in [3.63, 3.8) is 0 Å². The quantitative estimate of drug-likeness (QED) is 0.446. The molecule has 0 radical (unpaired) electrons. The molecule has 2 aromatic carbocycles. The highest BCUT2D eigenvalue weighted by atomic mass is 16.6. The third kappa shape index (κ3) is 3.68. The maximum Gasteiger partial charge on any atom is 0.410 e. The van der Waals surface area contributed by atoms with Gasteiger partial charge in [0.05, 0.1) is 17.1 Å². The van der Waals surface area contributed by atoms with Crippen molar-refractivity contribution in [1.29, 1.82) is 0 Å². The molecule has 0 spiro atoms. The molecule has 0 aliphatic carbocycles. The SMILES string of the molecule is CC1CC(C)n2c1nc1ccc(-c3ccc(C4CCCN4C(=O)OC(C)(C)C)cc3)cc12. The van der Waals surface area contributed by atoms with Crippen LogP contribution in [0.5, 0.6) is 0 Å². The number of ether oxygens (including phenoxy) is 1. The minimum Gasteiger partial charge on any atom is -0.444 e. The van der Waals surface area contributed by atoms with Gasteiger partial charge in [-0.1, -0.05) is 37.3 Å². The number of hydrogen-bond acceptors (Lipinski definition) is 3. The molecule has 1 amide bonds. The predicted molar refractivity (Wildman–Crippen MR) is 128 cm³/mol. The van der Waals surface area contributed by atoms with Gasteiger partial charge in [-0.25, -0.2) is 9.78 Å². The monoisotopic (exact) mass is 431 g/mol. The Morgan fingerprint density at radius 3 is 2.50 bits per heavy atom. The molecule has 0 saturated carbocycles. The summed E-state index contributed by atoms with van der Waals surface area (Å²) in [7, 11) is 0. The molecule has 5 heteroatoms. The number of amides is 1. The van der Waals surface area contributed by atoms with Crippen LogP contribution in [0.25, 0.3) is 22.2 Å². The molecule has 1 aromatic heterocycles. The summed E-state index contributed by atoms with van der Waals surface area (Å²) < 4.78 is 8.04. The normalized spacial score (nSPS) is 23.0. The first-order valence-electron chi connectivity index (χ1n) is 11.8. The maximum atomic E-state index is 12.7. The van der Waals surface area contributed by atoms with Gasteiger partial charge in [0.25, 0.3) is 0 Å². The van der Waals surface area contributed by atoms with Crippen LogP contribution in [0.4, 0.5) is 4.79 Å². The fourth-order valence-electron chi connectivity index (χ4n) is 5.37. The molecular weight excluding hydrogens is 398 g/mol. The Balaban J connectivity index is 1.41. The number of carbonyl (C=O) groups excluding carboxylic acids is 1. The number of carbonyl (C=O) groups is 1. The Hall–Kier alpha value is -2.82. The van der Waals surface area contributed by atoms with Gasteiger partial charge in [-0.2, -0.15) is 0 Å². The van der Waals surface area contributed by atoms with Crippen LogP contribution in [0.1, 0.15) is 83.3 Å². The van der Waals surface area contributed by atoms with Gasteiger partial charge in [0.2, 0.25) is 0 Å². The van der Waals surface area contributed by atoms with Gasteiger partial charge in [-0.3, -0.25) is 0 Å². The molecule has 2 aliphatic rings. The summed E-state index contributed by atoms with van der Waals surface area (Å²) in [5.41, 5.74) is 5.39. The van der Waals surface area contributed by atoms with Crippen molar-refractivity contribution in [2.45, 2.75) is 77.5 Å².